The molecule has 1 aromatic heterocycles. The third-order valence-corrected chi connectivity index (χ3v) is 3.68. The highest BCUT2D eigenvalue weighted by atomic mass is 16.1. The lowest BCUT2D eigenvalue weighted by Crippen LogP contribution is -2.37. The number of anilines is 2. The van der Waals surface area contributed by atoms with Crippen LogP contribution >= 0.6 is 0 Å². The van der Waals surface area contributed by atoms with Crippen molar-refractivity contribution in [3.63, 3.8) is 0 Å². The lowest BCUT2D eigenvalue weighted by molar-refractivity contribution is -0.125. The molecule has 1 unspecified atom stereocenters. The molecule has 1 amide bonds. The molecule has 0 spiro atoms. The Labute approximate surface area is 114 Å². The topological polar surface area (TPSA) is 71.2 Å². The zero-order valence-electron chi connectivity index (χ0n) is 11.6. The SMILES string of the molecule is CCCNc1cccc(N2CCC(C)(C(N)=O)C2)n1. The molecule has 1 aliphatic rings. The first kappa shape index (κ1) is 13.6. The van der Waals surface area contributed by atoms with E-state index in [-0.39, 0.29) is 5.91 Å². The third kappa shape index (κ3) is 2.97. The highest BCUT2D eigenvalue weighted by Crippen LogP contribution is 2.32. The second kappa shape index (κ2) is 5.47. The summed E-state index contributed by atoms with van der Waals surface area (Å²) in [5.74, 6) is 1.56. The van der Waals surface area contributed by atoms with E-state index in [1.165, 1.54) is 0 Å². The Hall–Kier alpha value is -1.78. The minimum atomic E-state index is -0.436. The number of nitrogens with one attached hydrogen (secondary N) is 1. The largest absolute Gasteiger partial charge is 0.370 e. The molecule has 5 nitrogen and oxygen atoms in total. The van der Waals surface area contributed by atoms with Crippen LogP contribution in [0, 0.1) is 5.41 Å². The molecule has 0 bridgehead atoms. The summed E-state index contributed by atoms with van der Waals surface area (Å²) in [7, 11) is 0. The van der Waals surface area contributed by atoms with Gasteiger partial charge in [-0.05, 0) is 31.9 Å². The zero-order valence-corrected chi connectivity index (χ0v) is 11.6. The maximum Gasteiger partial charge on any atom is 0.225 e. The number of primary amides is 1. The van der Waals surface area contributed by atoms with Crippen LogP contribution in [0.2, 0.25) is 0 Å². The van der Waals surface area contributed by atoms with Crippen LogP contribution in [0.4, 0.5) is 11.6 Å². The van der Waals surface area contributed by atoms with Crippen molar-refractivity contribution in [2.24, 2.45) is 11.1 Å². The minimum Gasteiger partial charge on any atom is -0.370 e. The quantitative estimate of drug-likeness (QED) is 0.845. The number of amides is 1. The smallest absolute Gasteiger partial charge is 0.225 e. The van der Waals surface area contributed by atoms with Crippen molar-refractivity contribution in [2.45, 2.75) is 26.7 Å². The Morgan fingerprint density at radius 1 is 1.58 bits per heavy atom. The number of carbonyl (C=O) groups is 1. The summed E-state index contributed by atoms with van der Waals surface area (Å²) in [6.45, 7) is 6.43. The molecule has 1 aliphatic heterocycles. The average molecular weight is 262 g/mol. The lowest BCUT2D eigenvalue weighted by Gasteiger charge is -2.22. The Kier molecular flexibility index (Phi) is 3.93. The minimum absolute atomic E-state index is 0.227. The fourth-order valence-corrected chi connectivity index (χ4v) is 2.31. The van der Waals surface area contributed by atoms with E-state index >= 15 is 0 Å². The Bertz CT molecular complexity index is 463. The number of rotatable bonds is 5. The number of nitrogens with two attached hydrogens (primary N) is 1. The second-order valence-corrected chi connectivity index (χ2v) is 5.40. The van der Waals surface area contributed by atoms with E-state index in [0.717, 1.165) is 37.6 Å². The summed E-state index contributed by atoms with van der Waals surface area (Å²) < 4.78 is 0. The van der Waals surface area contributed by atoms with Crippen molar-refractivity contribution < 1.29 is 4.79 Å². The number of carbonyl (C=O) groups excluding carboxylic acids is 1. The van der Waals surface area contributed by atoms with Crippen LogP contribution in [0.1, 0.15) is 26.7 Å². The normalized spacial score (nSPS) is 22.5. The van der Waals surface area contributed by atoms with Gasteiger partial charge >= 0.3 is 0 Å². The van der Waals surface area contributed by atoms with Gasteiger partial charge in [-0.1, -0.05) is 13.0 Å². The van der Waals surface area contributed by atoms with Crippen molar-refractivity contribution in [1.29, 1.82) is 0 Å². The highest BCUT2D eigenvalue weighted by molar-refractivity contribution is 5.82. The molecule has 2 rings (SSSR count). The first-order chi connectivity index (χ1) is 9.05. The van der Waals surface area contributed by atoms with E-state index < -0.39 is 5.41 Å². The van der Waals surface area contributed by atoms with E-state index in [0.29, 0.717) is 6.54 Å². The fourth-order valence-electron chi connectivity index (χ4n) is 2.31. The van der Waals surface area contributed by atoms with Crippen molar-refractivity contribution in [1.82, 2.24) is 4.98 Å². The molecule has 0 aliphatic carbocycles. The number of nitrogens with zero attached hydrogens (tertiary/aromatic N) is 2. The molecule has 1 aromatic rings. The van der Waals surface area contributed by atoms with Crippen molar-refractivity contribution >= 4 is 17.5 Å². The maximum atomic E-state index is 11.5. The summed E-state index contributed by atoms with van der Waals surface area (Å²) in [4.78, 5) is 18.2. The zero-order chi connectivity index (χ0) is 13.9. The van der Waals surface area contributed by atoms with Gasteiger partial charge in [-0.3, -0.25) is 4.79 Å². The lowest BCUT2D eigenvalue weighted by atomic mass is 9.89. The van der Waals surface area contributed by atoms with Gasteiger partial charge in [0.1, 0.15) is 11.6 Å². The Morgan fingerprint density at radius 3 is 3.00 bits per heavy atom. The van der Waals surface area contributed by atoms with Crippen LogP contribution in [-0.4, -0.2) is 30.5 Å². The van der Waals surface area contributed by atoms with E-state index in [9.17, 15) is 4.79 Å². The van der Waals surface area contributed by atoms with Crippen molar-refractivity contribution in [2.75, 3.05) is 29.9 Å². The van der Waals surface area contributed by atoms with Gasteiger partial charge in [0.25, 0.3) is 0 Å². The molecule has 0 aromatic carbocycles. The van der Waals surface area contributed by atoms with Gasteiger partial charge in [-0.15, -0.1) is 0 Å². The van der Waals surface area contributed by atoms with E-state index in [1.54, 1.807) is 0 Å². The van der Waals surface area contributed by atoms with E-state index in [1.807, 2.05) is 25.1 Å². The number of hydrogen-bond acceptors (Lipinski definition) is 4. The molecule has 0 radical (unpaired) electrons. The maximum absolute atomic E-state index is 11.5. The summed E-state index contributed by atoms with van der Waals surface area (Å²) in [6.07, 6.45) is 1.85. The standard InChI is InChI=1S/C14H22N4O/c1-3-8-16-11-5-4-6-12(17-11)18-9-7-14(2,10-18)13(15)19/h4-6H,3,7-10H2,1-2H3,(H2,15,19)(H,16,17). The fraction of sp³-hybridized carbons (Fsp3) is 0.571. The molecule has 1 atom stereocenters. The summed E-state index contributed by atoms with van der Waals surface area (Å²) in [5, 5.41) is 3.27. The van der Waals surface area contributed by atoms with Gasteiger partial charge in [0, 0.05) is 19.6 Å². The van der Waals surface area contributed by atoms with Gasteiger partial charge in [-0.2, -0.15) is 0 Å². The molecule has 1 fully saturated rings. The number of pyridine rings is 1. The van der Waals surface area contributed by atoms with Crippen LogP contribution in [-0.2, 0) is 4.79 Å². The van der Waals surface area contributed by atoms with Crippen LogP contribution in [0.3, 0.4) is 0 Å². The van der Waals surface area contributed by atoms with E-state index in [4.69, 9.17) is 5.73 Å². The molecule has 104 valence electrons. The van der Waals surface area contributed by atoms with Gasteiger partial charge < -0.3 is 16.0 Å². The van der Waals surface area contributed by atoms with Crippen molar-refractivity contribution in [3.8, 4) is 0 Å². The molecule has 3 N–H and O–H groups in total. The predicted octanol–water partition coefficient (Wildman–Crippen LogP) is 1.61. The highest BCUT2D eigenvalue weighted by Gasteiger charge is 2.39. The molecular formula is C14H22N4O. The van der Waals surface area contributed by atoms with Crippen molar-refractivity contribution in [3.05, 3.63) is 18.2 Å². The molecule has 0 saturated carbocycles. The van der Waals surface area contributed by atoms with Gasteiger partial charge in [0.15, 0.2) is 0 Å². The summed E-state index contributed by atoms with van der Waals surface area (Å²) in [5.41, 5.74) is 5.03. The number of hydrogen-bond donors (Lipinski definition) is 2. The molecular weight excluding hydrogens is 240 g/mol. The van der Waals surface area contributed by atoms with Crippen LogP contribution in [0.15, 0.2) is 18.2 Å². The monoisotopic (exact) mass is 262 g/mol. The van der Waals surface area contributed by atoms with Crippen LogP contribution < -0.4 is 16.0 Å². The molecule has 19 heavy (non-hydrogen) atoms. The van der Waals surface area contributed by atoms with Crippen LogP contribution in [0.5, 0.6) is 0 Å². The van der Waals surface area contributed by atoms with Gasteiger partial charge in [0.2, 0.25) is 5.91 Å². The Morgan fingerprint density at radius 2 is 2.37 bits per heavy atom. The third-order valence-electron chi connectivity index (χ3n) is 3.68. The van der Waals surface area contributed by atoms with Crippen LogP contribution in [0.25, 0.3) is 0 Å². The molecule has 2 heterocycles. The van der Waals surface area contributed by atoms with Gasteiger partial charge in [-0.25, -0.2) is 4.98 Å². The number of aromatic nitrogens is 1. The average Bonchev–Trinajstić information content (AvgIpc) is 2.81. The second-order valence-electron chi connectivity index (χ2n) is 5.40. The Balaban J connectivity index is 2.09. The first-order valence-electron chi connectivity index (χ1n) is 6.81. The van der Waals surface area contributed by atoms with E-state index in [2.05, 4.69) is 22.1 Å². The summed E-state index contributed by atoms with van der Waals surface area (Å²) in [6, 6.07) is 5.92. The van der Waals surface area contributed by atoms with Gasteiger partial charge in [0.05, 0.1) is 5.41 Å². The molecule has 5 heteroatoms. The predicted molar refractivity (Wildman–Crippen MR) is 77.1 cm³/mol. The molecule has 1 saturated heterocycles. The summed E-state index contributed by atoms with van der Waals surface area (Å²) >= 11 is 0. The first-order valence-corrected chi connectivity index (χ1v) is 6.81.